The van der Waals surface area contributed by atoms with Gasteiger partial charge < -0.3 is 16.4 Å². The number of hydrogen-bond donors (Lipinski definition) is 3. The van der Waals surface area contributed by atoms with E-state index >= 15 is 0 Å². The predicted molar refractivity (Wildman–Crippen MR) is 158 cm³/mol. The van der Waals surface area contributed by atoms with Gasteiger partial charge >= 0.3 is 0 Å². The minimum absolute atomic E-state index is 0.0464. The number of amides is 2. The second-order valence-corrected chi connectivity index (χ2v) is 9.74. The molecular weight excluding hydrogens is 496 g/mol. The van der Waals surface area contributed by atoms with E-state index in [1.165, 1.54) is 17.5 Å². The SMILES string of the molecule is CCCNCC.CCc1csc(-c2ccc(C)c(NCC(=O)N(C)N3Cc4ccccc4C3)c2)n1.NC=O. The molecule has 0 radical (unpaired) electrons. The molecule has 2 heterocycles. The number of carbonyl (C=O) groups excluding carboxylic acids is 2. The molecular formula is C29H42N6O2S. The summed E-state index contributed by atoms with van der Waals surface area (Å²) in [4.78, 5) is 26.0. The fraction of sp³-hybridized carbons (Fsp3) is 0.414. The number of benzene rings is 2. The summed E-state index contributed by atoms with van der Waals surface area (Å²) in [5.74, 6) is 0.0464. The summed E-state index contributed by atoms with van der Waals surface area (Å²) in [7, 11) is 1.85. The first-order chi connectivity index (χ1) is 18.4. The van der Waals surface area contributed by atoms with Crippen LogP contribution in [0.15, 0.2) is 47.8 Å². The van der Waals surface area contributed by atoms with Gasteiger partial charge in [0.05, 0.1) is 12.2 Å². The molecule has 1 aliphatic heterocycles. The fourth-order valence-electron chi connectivity index (χ4n) is 3.87. The summed E-state index contributed by atoms with van der Waals surface area (Å²) in [5.41, 5.74) is 11.0. The van der Waals surface area contributed by atoms with Crippen LogP contribution < -0.4 is 16.4 Å². The largest absolute Gasteiger partial charge is 0.376 e. The predicted octanol–water partition coefficient (Wildman–Crippen LogP) is 4.59. The van der Waals surface area contributed by atoms with Crippen LogP contribution in [0.3, 0.4) is 0 Å². The van der Waals surface area contributed by atoms with Crippen molar-refractivity contribution >= 4 is 29.3 Å². The summed E-state index contributed by atoms with van der Waals surface area (Å²) in [5, 5.41) is 13.5. The maximum absolute atomic E-state index is 12.8. The number of anilines is 1. The first kappa shape index (κ1) is 31.0. The van der Waals surface area contributed by atoms with E-state index in [1.807, 2.05) is 19.2 Å². The molecule has 0 saturated heterocycles. The van der Waals surface area contributed by atoms with Crippen LogP contribution in [0.25, 0.3) is 10.6 Å². The average molecular weight is 539 g/mol. The number of hydrazine groups is 1. The lowest BCUT2D eigenvalue weighted by molar-refractivity contribution is -0.144. The van der Waals surface area contributed by atoms with Crippen molar-refractivity contribution in [2.75, 3.05) is 32.0 Å². The Balaban J connectivity index is 0.000000490. The van der Waals surface area contributed by atoms with E-state index in [9.17, 15) is 4.79 Å². The number of nitrogens with one attached hydrogen (secondary N) is 2. The van der Waals surface area contributed by atoms with Crippen LogP contribution in [-0.4, -0.2) is 54.0 Å². The van der Waals surface area contributed by atoms with E-state index in [0.29, 0.717) is 0 Å². The second kappa shape index (κ2) is 16.5. The molecule has 0 saturated carbocycles. The molecule has 0 fully saturated rings. The van der Waals surface area contributed by atoms with Crippen molar-refractivity contribution in [3.05, 3.63) is 70.2 Å². The Kier molecular flexibility index (Phi) is 13.5. The highest BCUT2D eigenvalue weighted by molar-refractivity contribution is 7.13. The molecule has 0 aliphatic carbocycles. The number of rotatable bonds is 9. The van der Waals surface area contributed by atoms with Gasteiger partial charge in [-0.25, -0.2) is 9.99 Å². The lowest BCUT2D eigenvalue weighted by atomic mass is 10.1. The molecule has 3 aromatic rings. The number of nitrogens with zero attached hydrogens (tertiary/aromatic N) is 3. The zero-order valence-electron chi connectivity index (χ0n) is 23.3. The highest BCUT2D eigenvalue weighted by atomic mass is 32.1. The third-order valence-corrected chi connectivity index (χ3v) is 7.05. The summed E-state index contributed by atoms with van der Waals surface area (Å²) >= 11 is 1.66. The lowest BCUT2D eigenvalue weighted by Crippen LogP contribution is -2.43. The van der Waals surface area contributed by atoms with E-state index in [-0.39, 0.29) is 18.9 Å². The second-order valence-electron chi connectivity index (χ2n) is 8.88. The van der Waals surface area contributed by atoms with Crippen molar-refractivity contribution in [2.24, 2.45) is 5.73 Å². The van der Waals surface area contributed by atoms with E-state index in [0.717, 1.165) is 60.1 Å². The zero-order chi connectivity index (χ0) is 27.9. The summed E-state index contributed by atoms with van der Waals surface area (Å²) in [6.45, 7) is 12.5. The maximum Gasteiger partial charge on any atom is 0.255 e. The molecule has 0 spiro atoms. The van der Waals surface area contributed by atoms with Gasteiger partial charge in [-0.2, -0.15) is 0 Å². The number of aryl methyl sites for hydroxylation is 2. The van der Waals surface area contributed by atoms with E-state index < -0.39 is 0 Å². The monoisotopic (exact) mass is 538 g/mol. The van der Waals surface area contributed by atoms with Gasteiger partial charge in [-0.05, 0) is 55.6 Å². The highest BCUT2D eigenvalue weighted by Gasteiger charge is 2.24. The summed E-state index contributed by atoms with van der Waals surface area (Å²) in [6, 6.07) is 14.6. The molecule has 2 aromatic carbocycles. The Morgan fingerprint density at radius 1 is 1.16 bits per heavy atom. The Morgan fingerprint density at radius 2 is 1.82 bits per heavy atom. The first-order valence-electron chi connectivity index (χ1n) is 13.1. The highest BCUT2D eigenvalue weighted by Crippen LogP contribution is 2.28. The third-order valence-electron chi connectivity index (χ3n) is 6.11. The van der Waals surface area contributed by atoms with Gasteiger partial charge in [-0.15, -0.1) is 11.3 Å². The van der Waals surface area contributed by atoms with Crippen molar-refractivity contribution in [1.29, 1.82) is 0 Å². The molecule has 0 unspecified atom stereocenters. The van der Waals surface area contributed by atoms with Crippen LogP contribution in [0.1, 0.15) is 49.6 Å². The van der Waals surface area contributed by atoms with Crippen LogP contribution >= 0.6 is 11.3 Å². The number of aromatic nitrogens is 1. The minimum Gasteiger partial charge on any atom is -0.376 e. The van der Waals surface area contributed by atoms with Crippen molar-refractivity contribution < 1.29 is 9.59 Å². The summed E-state index contributed by atoms with van der Waals surface area (Å²) in [6.07, 6.45) is 2.43. The van der Waals surface area contributed by atoms with Crippen LogP contribution in [0.5, 0.6) is 0 Å². The third kappa shape index (κ3) is 9.24. The molecule has 2 amide bonds. The number of primary amides is 1. The number of likely N-dealkylation sites (N-methyl/N-ethyl adjacent to an activating group) is 1. The zero-order valence-corrected chi connectivity index (χ0v) is 24.1. The van der Waals surface area contributed by atoms with E-state index in [4.69, 9.17) is 4.79 Å². The molecule has 4 N–H and O–H groups in total. The Hall–Kier alpha value is -3.27. The van der Waals surface area contributed by atoms with Gasteiger partial charge in [-0.1, -0.05) is 57.2 Å². The topological polar surface area (TPSA) is 104 Å². The Morgan fingerprint density at radius 3 is 2.34 bits per heavy atom. The fourth-order valence-corrected chi connectivity index (χ4v) is 4.77. The molecule has 38 heavy (non-hydrogen) atoms. The normalized spacial score (nSPS) is 11.9. The van der Waals surface area contributed by atoms with Gasteiger partial charge in [0.15, 0.2) is 0 Å². The minimum atomic E-state index is 0.0464. The van der Waals surface area contributed by atoms with E-state index in [2.05, 4.69) is 89.8 Å². The summed E-state index contributed by atoms with van der Waals surface area (Å²) < 4.78 is 0. The van der Waals surface area contributed by atoms with Crippen LogP contribution in [-0.2, 0) is 29.1 Å². The van der Waals surface area contributed by atoms with Crippen molar-refractivity contribution in [2.45, 2.75) is 53.6 Å². The molecule has 1 aromatic heterocycles. The molecule has 1 aliphatic rings. The van der Waals surface area contributed by atoms with Crippen LogP contribution in [0.2, 0.25) is 0 Å². The molecule has 4 rings (SSSR count). The van der Waals surface area contributed by atoms with Crippen molar-refractivity contribution in [1.82, 2.24) is 20.3 Å². The van der Waals surface area contributed by atoms with Crippen LogP contribution in [0.4, 0.5) is 5.69 Å². The smallest absolute Gasteiger partial charge is 0.255 e. The van der Waals surface area contributed by atoms with Gasteiger partial charge in [0.25, 0.3) is 5.91 Å². The van der Waals surface area contributed by atoms with Crippen LogP contribution in [0, 0.1) is 6.92 Å². The standard InChI is InChI=1S/C23H26N4OS.C5H13N.CH3NO/c1-4-20-15-29-23(25-20)17-10-9-16(2)21(11-17)24-12-22(28)26(3)27-13-18-7-5-6-8-19(18)14-27;1-3-5-6-4-2;2-1-3/h5-11,15,24H,4,12-14H2,1-3H3;6H,3-5H2,1-2H3;1H,(H2,2,3). The number of hydrogen-bond acceptors (Lipinski definition) is 7. The van der Waals surface area contributed by atoms with Crippen molar-refractivity contribution in [3.63, 3.8) is 0 Å². The molecule has 8 nitrogen and oxygen atoms in total. The molecule has 0 bridgehead atoms. The number of fused-ring (bicyclic) bond motifs is 1. The quantitative estimate of drug-likeness (QED) is 0.272. The Labute approximate surface area is 231 Å². The number of thiazole rings is 1. The van der Waals surface area contributed by atoms with Gasteiger partial charge in [0, 0.05) is 36.8 Å². The van der Waals surface area contributed by atoms with Crippen molar-refractivity contribution in [3.8, 4) is 10.6 Å². The lowest BCUT2D eigenvalue weighted by Gasteiger charge is -2.28. The average Bonchev–Trinajstić information content (AvgIpc) is 3.59. The Bertz CT molecular complexity index is 1120. The number of nitrogens with two attached hydrogens (primary N) is 1. The van der Waals surface area contributed by atoms with E-state index in [1.54, 1.807) is 16.3 Å². The molecule has 9 heteroatoms. The molecule has 0 atom stereocenters. The maximum atomic E-state index is 12.8. The number of carbonyl (C=O) groups is 2. The van der Waals surface area contributed by atoms with Gasteiger partial charge in [0.2, 0.25) is 6.41 Å². The molecule has 206 valence electrons. The first-order valence-corrected chi connectivity index (χ1v) is 14.0. The van der Waals surface area contributed by atoms with Gasteiger partial charge in [-0.3, -0.25) is 14.6 Å². The van der Waals surface area contributed by atoms with Gasteiger partial charge in [0.1, 0.15) is 5.01 Å².